The second-order valence-corrected chi connectivity index (χ2v) is 8.02. The Balaban J connectivity index is 2.07. The molecular weight excluding hydrogens is 315 g/mol. The van der Waals surface area contributed by atoms with E-state index >= 15 is 0 Å². The monoisotopic (exact) mass is 334 g/mol. The third kappa shape index (κ3) is 2.47. The highest BCUT2D eigenvalue weighted by atomic mass is 32.2. The Morgan fingerprint density at radius 2 is 1.65 bits per heavy atom. The lowest BCUT2D eigenvalue weighted by Crippen LogP contribution is -2.31. The third-order valence-corrected chi connectivity index (χ3v) is 7.09. The van der Waals surface area contributed by atoms with E-state index in [0.717, 1.165) is 0 Å². The molecule has 0 saturated heterocycles. The summed E-state index contributed by atoms with van der Waals surface area (Å²) >= 11 is 0. The molecule has 23 heavy (non-hydrogen) atoms. The highest BCUT2D eigenvalue weighted by molar-refractivity contribution is 7.92. The fourth-order valence-electron chi connectivity index (χ4n) is 3.47. The zero-order valence-electron chi connectivity index (χ0n) is 12.5. The van der Waals surface area contributed by atoms with Gasteiger partial charge < -0.3 is 11.5 Å². The largest absolute Gasteiger partial charge is 0.330 e. The molecule has 0 spiro atoms. The van der Waals surface area contributed by atoms with E-state index in [1.807, 2.05) is 0 Å². The lowest BCUT2D eigenvalue weighted by atomic mass is 9.99. The van der Waals surface area contributed by atoms with Gasteiger partial charge in [-0.25, -0.2) is 12.8 Å². The zero-order valence-corrected chi connectivity index (χ0v) is 13.3. The normalized spacial score (nSPS) is 22.7. The van der Waals surface area contributed by atoms with Crippen molar-refractivity contribution in [1.82, 2.24) is 0 Å². The van der Waals surface area contributed by atoms with Gasteiger partial charge in [-0.2, -0.15) is 0 Å². The first-order valence-electron chi connectivity index (χ1n) is 7.42. The highest BCUT2D eigenvalue weighted by Gasteiger charge is 2.69. The van der Waals surface area contributed by atoms with Crippen LogP contribution in [0.15, 0.2) is 59.5 Å². The fourth-order valence-corrected chi connectivity index (χ4v) is 5.97. The van der Waals surface area contributed by atoms with Crippen molar-refractivity contribution in [3.63, 3.8) is 0 Å². The van der Waals surface area contributed by atoms with Crippen LogP contribution in [-0.4, -0.2) is 26.8 Å². The van der Waals surface area contributed by atoms with E-state index in [0.29, 0.717) is 5.56 Å². The lowest BCUT2D eigenvalue weighted by molar-refractivity contribution is 0.509. The molecule has 0 aromatic heterocycles. The lowest BCUT2D eigenvalue weighted by Gasteiger charge is -2.13. The molecule has 0 amide bonds. The minimum Gasteiger partial charge on any atom is -0.330 e. The van der Waals surface area contributed by atoms with Gasteiger partial charge in [0.25, 0.3) is 0 Å². The Kier molecular flexibility index (Phi) is 4.00. The summed E-state index contributed by atoms with van der Waals surface area (Å²) < 4.78 is 39.5. The molecule has 0 unspecified atom stereocenters. The van der Waals surface area contributed by atoms with Gasteiger partial charge in [0.1, 0.15) is 5.82 Å². The molecule has 4 N–H and O–H groups in total. The molecule has 6 heteroatoms. The minimum absolute atomic E-state index is 0.140. The summed E-state index contributed by atoms with van der Waals surface area (Å²) in [6, 6.07) is 14.3. The quantitative estimate of drug-likeness (QED) is 0.871. The van der Waals surface area contributed by atoms with E-state index in [9.17, 15) is 12.8 Å². The van der Waals surface area contributed by atoms with E-state index < -0.39 is 32.2 Å². The first-order valence-corrected chi connectivity index (χ1v) is 8.96. The van der Waals surface area contributed by atoms with Gasteiger partial charge in [-0.3, -0.25) is 0 Å². The van der Waals surface area contributed by atoms with Crippen LogP contribution in [0.1, 0.15) is 11.5 Å². The first kappa shape index (κ1) is 16.1. The maximum absolute atomic E-state index is 13.5. The van der Waals surface area contributed by atoms with Crippen molar-refractivity contribution in [1.29, 1.82) is 0 Å². The van der Waals surface area contributed by atoms with Crippen LogP contribution >= 0.6 is 0 Å². The van der Waals surface area contributed by atoms with E-state index in [2.05, 4.69) is 0 Å². The van der Waals surface area contributed by atoms with E-state index in [1.54, 1.807) is 42.5 Å². The SMILES string of the molecule is NCC1(CN)[C@@H](c2cccc(F)c2)[C@@H]1S(=O)(=O)c1ccccc1. The van der Waals surface area contributed by atoms with Gasteiger partial charge in [-0.05, 0) is 29.8 Å². The van der Waals surface area contributed by atoms with Crippen LogP contribution in [0.25, 0.3) is 0 Å². The second-order valence-electron chi connectivity index (χ2n) is 5.95. The fraction of sp³-hybridized carbons (Fsp3) is 0.294. The van der Waals surface area contributed by atoms with Gasteiger partial charge in [-0.15, -0.1) is 0 Å². The predicted octanol–water partition coefficient (Wildman–Crippen LogP) is 1.67. The third-order valence-electron chi connectivity index (χ3n) is 4.75. The van der Waals surface area contributed by atoms with Crippen molar-refractivity contribution in [2.24, 2.45) is 16.9 Å². The molecule has 1 aliphatic carbocycles. The predicted molar refractivity (Wildman–Crippen MR) is 87.1 cm³/mol. The molecule has 0 aliphatic heterocycles. The average molecular weight is 334 g/mol. The second kappa shape index (κ2) is 5.70. The highest BCUT2D eigenvalue weighted by Crippen LogP contribution is 2.62. The van der Waals surface area contributed by atoms with E-state index in [-0.39, 0.29) is 18.0 Å². The zero-order chi connectivity index (χ0) is 16.7. The van der Waals surface area contributed by atoms with Crippen LogP contribution < -0.4 is 11.5 Å². The van der Waals surface area contributed by atoms with Gasteiger partial charge >= 0.3 is 0 Å². The summed E-state index contributed by atoms with van der Waals surface area (Å²) in [6.07, 6.45) is 0. The van der Waals surface area contributed by atoms with E-state index in [4.69, 9.17) is 11.5 Å². The number of hydrogen-bond acceptors (Lipinski definition) is 4. The summed E-state index contributed by atoms with van der Waals surface area (Å²) in [7, 11) is -3.59. The summed E-state index contributed by atoms with van der Waals surface area (Å²) in [5.41, 5.74) is 11.6. The van der Waals surface area contributed by atoms with Crippen LogP contribution in [0.4, 0.5) is 4.39 Å². The molecule has 3 rings (SSSR count). The molecular formula is C17H19FN2O2S. The standard InChI is InChI=1S/C17H19FN2O2S/c18-13-6-4-5-12(9-13)15-16(17(15,10-19)11-20)23(21,22)14-7-2-1-3-8-14/h1-9,15-16H,10-11,19-20H2/t15-,16-/m0/s1. The number of sulfone groups is 1. The van der Waals surface area contributed by atoms with Gasteiger partial charge in [0.15, 0.2) is 9.84 Å². The van der Waals surface area contributed by atoms with Gasteiger partial charge in [0.05, 0.1) is 10.1 Å². The Hall–Kier alpha value is -1.76. The number of nitrogens with two attached hydrogens (primary N) is 2. The molecule has 1 fully saturated rings. The summed E-state index contributed by atoms with van der Waals surface area (Å²) in [6.45, 7) is 0.281. The summed E-state index contributed by atoms with van der Waals surface area (Å²) in [4.78, 5) is 0.246. The van der Waals surface area contributed by atoms with Crippen LogP contribution in [0.2, 0.25) is 0 Å². The number of rotatable bonds is 5. The number of hydrogen-bond donors (Lipinski definition) is 2. The topological polar surface area (TPSA) is 86.2 Å². The van der Waals surface area contributed by atoms with Gasteiger partial charge in [0, 0.05) is 24.4 Å². The Morgan fingerprint density at radius 1 is 1.00 bits per heavy atom. The number of benzene rings is 2. The molecule has 1 aliphatic rings. The molecule has 2 atom stereocenters. The van der Waals surface area contributed by atoms with Crippen LogP contribution in [0.3, 0.4) is 0 Å². The summed E-state index contributed by atoms with van der Waals surface area (Å²) in [5, 5.41) is -0.728. The van der Waals surface area contributed by atoms with Gasteiger partial charge in [0.2, 0.25) is 0 Å². The van der Waals surface area contributed by atoms with Crippen molar-refractivity contribution in [3.05, 3.63) is 66.0 Å². The molecule has 1 saturated carbocycles. The van der Waals surface area contributed by atoms with Crippen LogP contribution in [-0.2, 0) is 9.84 Å². The number of halogens is 1. The van der Waals surface area contributed by atoms with Crippen molar-refractivity contribution in [2.75, 3.05) is 13.1 Å². The Bertz CT molecular complexity index is 804. The van der Waals surface area contributed by atoms with Gasteiger partial charge in [-0.1, -0.05) is 30.3 Å². The van der Waals surface area contributed by atoms with E-state index in [1.165, 1.54) is 12.1 Å². The molecule has 0 bridgehead atoms. The Labute approximate surface area is 135 Å². The smallest absolute Gasteiger partial charge is 0.182 e. The van der Waals surface area contributed by atoms with Crippen LogP contribution in [0, 0.1) is 11.2 Å². The molecule has 2 aromatic rings. The average Bonchev–Trinajstić information content (AvgIpc) is 3.26. The molecule has 0 radical (unpaired) electrons. The maximum Gasteiger partial charge on any atom is 0.182 e. The molecule has 2 aromatic carbocycles. The maximum atomic E-state index is 13.5. The van der Waals surface area contributed by atoms with Crippen molar-refractivity contribution in [3.8, 4) is 0 Å². The Morgan fingerprint density at radius 3 is 2.22 bits per heavy atom. The molecule has 0 heterocycles. The minimum atomic E-state index is -3.59. The molecule has 122 valence electrons. The first-order chi connectivity index (χ1) is 11.0. The molecule has 4 nitrogen and oxygen atoms in total. The summed E-state index contributed by atoms with van der Waals surface area (Å²) in [5.74, 6) is -0.786. The van der Waals surface area contributed by atoms with Crippen molar-refractivity contribution >= 4 is 9.84 Å². The van der Waals surface area contributed by atoms with Crippen molar-refractivity contribution < 1.29 is 12.8 Å². The van der Waals surface area contributed by atoms with Crippen LogP contribution in [0.5, 0.6) is 0 Å². The van der Waals surface area contributed by atoms with Crippen molar-refractivity contribution in [2.45, 2.75) is 16.1 Å².